The number of benzene rings is 1. The largest absolute Gasteiger partial charge is 0.469 e. The number of amides is 1. The second-order valence-corrected chi connectivity index (χ2v) is 6.17. The molecule has 0 aromatic heterocycles. The number of hydrogen-bond donors (Lipinski definition) is 0. The number of halogens is 1. The van der Waals surface area contributed by atoms with Crippen LogP contribution < -0.4 is 0 Å². The number of likely N-dealkylation sites (tertiary alicyclic amines) is 1. The van der Waals surface area contributed by atoms with E-state index in [1.54, 1.807) is 16.7 Å². The van der Waals surface area contributed by atoms with Crippen molar-refractivity contribution in [3.63, 3.8) is 0 Å². The third kappa shape index (κ3) is 3.90. The van der Waals surface area contributed by atoms with Crippen LogP contribution in [0.2, 0.25) is 5.02 Å². The number of carbonyl (C=O) groups is 2. The average molecular weight is 314 g/mol. The zero-order valence-electron chi connectivity index (χ0n) is 11.2. The summed E-state index contributed by atoms with van der Waals surface area (Å²) >= 11 is 7.49. The molecule has 0 N–H and O–H groups in total. The van der Waals surface area contributed by atoms with Crippen LogP contribution in [0, 0.1) is 5.92 Å². The van der Waals surface area contributed by atoms with Gasteiger partial charge in [0.1, 0.15) is 0 Å². The highest BCUT2D eigenvalue weighted by Gasteiger charge is 2.34. The van der Waals surface area contributed by atoms with Gasteiger partial charge in [-0.3, -0.25) is 9.59 Å². The average Bonchev–Trinajstić information content (AvgIpc) is 2.82. The molecule has 6 heteroatoms. The van der Waals surface area contributed by atoms with E-state index in [2.05, 4.69) is 4.74 Å². The van der Waals surface area contributed by atoms with Crippen molar-refractivity contribution in [1.29, 1.82) is 0 Å². The minimum Gasteiger partial charge on any atom is -0.469 e. The Morgan fingerprint density at radius 3 is 2.80 bits per heavy atom. The van der Waals surface area contributed by atoms with Crippen LogP contribution in [0.5, 0.6) is 0 Å². The zero-order valence-corrected chi connectivity index (χ0v) is 12.7. The molecule has 0 bridgehead atoms. The monoisotopic (exact) mass is 313 g/mol. The molecule has 1 heterocycles. The Balaban J connectivity index is 1.78. The highest BCUT2D eigenvalue weighted by Crippen LogP contribution is 2.23. The lowest BCUT2D eigenvalue weighted by molar-refractivity contribution is -0.145. The van der Waals surface area contributed by atoms with E-state index in [1.807, 2.05) is 24.3 Å². The molecule has 1 fully saturated rings. The maximum absolute atomic E-state index is 11.8. The predicted octanol–water partition coefficient (Wildman–Crippen LogP) is 2.45. The van der Waals surface area contributed by atoms with Crippen molar-refractivity contribution in [3.05, 3.63) is 29.3 Å². The molecule has 1 aliphatic heterocycles. The summed E-state index contributed by atoms with van der Waals surface area (Å²) in [5.41, 5.74) is 0. The molecular weight excluding hydrogens is 298 g/mol. The maximum Gasteiger partial charge on any atom is 0.310 e. The molecule has 0 aliphatic carbocycles. The van der Waals surface area contributed by atoms with E-state index in [1.165, 1.54) is 7.11 Å². The number of carbonyl (C=O) groups excluding carboxylic acids is 2. The van der Waals surface area contributed by atoms with Gasteiger partial charge < -0.3 is 9.64 Å². The van der Waals surface area contributed by atoms with E-state index in [-0.39, 0.29) is 24.2 Å². The molecule has 0 saturated carbocycles. The maximum atomic E-state index is 11.8. The van der Waals surface area contributed by atoms with E-state index in [0.717, 1.165) is 10.6 Å². The molecule has 20 heavy (non-hydrogen) atoms. The van der Waals surface area contributed by atoms with Gasteiger partial charge in [-0.2, -0.15) is 0 Å². The SMILES string of the molecule is COC(=O)C1CC(=O)N(CCSc2ccc(Cl)cc2)C1. The topological polar surface area (TPSA) is 46.6 Å². The standard InChI is InChI=1S/C14H16ClNO3S/c1-19-14(18)10-8-13(17)16(9-10)6-7-20-12-4-2-11(15)3-5-12/h2-5,10H,6-9H2,1H3. The first-order valence-electron chi connectivity index (χ1n) is 6.34. The van der Waals surface area contributed by atoms with Crippen LogP contribution >= 0.6 is 23.4 Å². The third-order valence-electron chi connectivity index (χ3n) is 3.19. The first-order chi connectivity index (χ1) is 9.60. The number of hydrogen-bond acceptors (Lipinski definition) is 4. The van der Waals surface area contributed by atoms with Gasteiger partial charge in [0.15, 0.2) is 0 Å². The summed E-state index contributed by atoms with van der Waals surface area (Å²) < 4.78 is 4.68. The van der Waals surface area contributed by atoms with Gasteiger partial charge in [0.05, 0.1) is 13.0 Å². The molecule has 1 aromatic carbocycles. The molecule has 0 radical (unpaired) electrons. The highest BCUT2D eigenvalue weighted by atomic mass is 35.5. The predicted molar refractivity (Wildman–Crippen MR) is 78.9 cm³/mol. The molecule has 2 rings (SSSR count). The third-order valence-corrected chi connectivity index (χ3v) is 4.44. The summed E-state index contributed by atoms with van der Waals surface area (Å²) in [6, 6.07) is 7.60. The fraction of sp³-hybridized carbons (Fsp3) is 0.429. The number of methoxy groups -OCH3 is 1. The van der Waals surface area contributed by atoms with E-state index in [0.29, 0.717) is 18.1 Å². The molecule has 0 spiro atoms. The summed E-state index contributed by atoms with van der Waals surface area (Å²) in [7, 11) is 1.35. The van der Waals surface area contributed by atoms with Crippen molar-refractivity contribution in [2.45, 2.75) is 11.3 Å². The number of rotatable bonds is 5. The van der Waals surface area contributed by atoms with Crippen molar-refractivity contribution in [1.82, 2.24) is 4.90 Å². The molecule has 1 amide bonds. The van der Waals surface area contributed by atoms with Crippen LogP contribution in [0.15, 0.2) is 29.2 Å². The molecule has 1 aromatic rings. The van der Waals surface area contributed by atoms with Crippen molar-refractivity contribution in [2.75, 3.05) is 26.0 Å². The molecule has 1 saturated heterocycles. The molecule has 108 valence electrons. The second-order valence-electron chi connectivity index (χ2n) is 4.57. The molecule has 1 atom stereocenters. The van der Waals surface area contributed by atoms with Gasteiger partial charge in [-0.05, 0) is 24.3 Å². The van der Waals surface area contributed by atoms with E-state index >= 15 is 0 Å². The smallest absolute Gasteiger partial charge is 0.310 e. The van der Waals surface area contributed by atoms with Gasteiger partial charge in [0.2, 0.25) is 5.91 Å². The van der Waals surface area contributed by atoms with Crippen molar-refractivity contribution in [2.24, 2.45) is 5.92 Å². The Hall–Kier alpha value is -1.20. The summed E-state index contributed by atoms with van der Waals surface area (Å²) in [4.78, 5) is 26.0. The van der Waals surface area contributed by atoms with Crippen molar-refractivity contribution in [3.8, 4) is 0 Å². The Kier molecular flexibility index (Phi) is 5.31. The molecular formula is C14H16ClNO3S. The van der Waals surface area contributed by atoms with Crippen LogP contribution in [-0.2, 0) is 14.3 Å². The fourth-order valence-corrected chi connectivity index (χ4v) is 3.12. The van der Waals surface area contributed by atoms with Crippen LogP contribution in [0.4, 0.5) is 0 Å². The van der Waals surface area contributed by atoms with Gasteiger partial charge in [-0.15, -0.1) is 11.8 Å². The lowest BCUT2D eigenvalue weighted by atomic mass is 10.1. The van der Waals surface area contributed by atoms with E-state index in [9.17, 15) is 9.59 Å². The van der Waals surface area contributed by atoms with Crippen LogP contribution in [0.25, 0.3) is 0 Å². The minimum absolute atomic E-state index is 0.0251. The Morgan fingerprint density at radius 1 is 1.45 bits per heavy atom. The number of nitrogens with zero attached hydrogens (tertiary/aromatic N) is 1. The molecule has 1 unspecified atom stereocenters. The van der Waals surface area contributed by atoms with Gasteiger partial charge in [-0.25, -0.2) is 0 Å². The van der Waals surface area contributed by atoms with Gasteiger partial charge in [0, 0.05) is 35.2 Å². The fourth-order valence-electron chi connectivity index (χ4n) is 2.12. The van der Waals surface area contributed by atoms with Crippen molar-refractivity contribution < 1.29 is 14.3 Å². The van der Waals surface area contributed by atoms with Crippen molar-refractivity contribution >= 4 is 35.2 Å². The summed E-state index contributed by atoms with van der Waals surface area (Å²) in [5.74, 6) is 0.206. The number of thioether (sulfide) groups is 1. The summed E-state index contributed by atoms with van der Waals surface area (Å²) in [5, 5.41) is 0.713. The number of esters is 1. The Labute approximate surface area is 127 Å². The Morgan fingerprint density at radius 2 is 2.15 bits per heavy atom. The quantitative estimate of drug-likeness (QED) is 0.619. The van der Waals surface area contributed by atoms with E-state index in [4.69, 9.17) is 11.6 Å². The highest BCUT2D eigenvalue weighted by molar-refractivity contribution is 7.99. The lowest BCUT2D eigenvalue weighted by Crippen LogP contribution is -2.28. The number of ether oxygens (including phenoxy) is 1. The first kappa shape index (κ1) is 15.2. The summed E-state index contributed by atoms with van der Waals surface area (Å²) in [6.45, 7) is 1.10. The second kappa shape index (κ2) is 6.99. The minimum atomic E-state index is -0.312. The molecule has 1 aliphatic rings. The Bertz CT molecular complexity index is 492. The van der Waals surface area contributed by atoms with Crippen LogP contribution in [0.3, 0.4) is 0 Å². The summed E-state index contributed by atoms with van der Waals surface area (Å²) in [6.07, 6.45) is 0.262. The van der Waals surface area contributed by atoms with Crippen LogP contribution in [0.1, 0.15) is 6.42 Å². The van der Waals surface area contributed by atoms with Gasteiger partial charge in [-0.1, -0.05) is 11.6 Å². The van der Waals surface area contributed by atoms with Gasteiger partial charge >= 0.3 is 5.97 Å². The van der Waals surface area contributed by atoms with Crippen LogP contribution in [-0.4, -0.2) is 42.7 Å². The zero-order chi connectivity index (χ0) is 14.5. The normalized spacial score (nSPS) is 18.4. The lowest BCUT2D eigenvalue weighted by Gasteiger charge is -2.15. The van der Waals surface area contributed by atoms with Gasteiger partial charge in [0.25, 0.3) is 0 Å². The first-order valence-corrected chi connectivity index (χ1v) is 7.70. The van der Waals surface area contributed by atoms with E-state index < -0.39 is 0 Å². The molecule has 4 nitrogen and oxygen atoms in total.